The van der Waals surface area contributed by atoms with Crippen molar-refractivity contribution < 1.29 is 32.3 Å². The molecule has 1 aromatic rings. The first-order chi connectivity index (χ1) is 10.3. The molecule has 9 heteroatoms. The van der Waals surface area contributed by atoms with Crippen molar-refractivity contribution in [2.75, 3.05) is 14.2 Å². The number of amides is 1. The van der Waals surface area contributed by atoms with Crippen molar-refractivity contribution >= 4 is 18.1 Å². The molecule has 0 aliphatic carbocycles. The van der Waals surface area contributed by atoms with Crippen molar-refractivity contribution in [3.05, 3.63) is 35.4 Å². The molecule has 1 rings (SSSR count). The van der Waals surface area contributed by atoms with Gasteiger partial charge in [-0.25, -0.2) is 4.79 Å². The molecule has 1 atom stereocenters. The number of alkyl halides is 3. The van der Waals surface area contributed by atoms with Gasteiger partial charge in [0.1, 0.15) is 7.11 Å². The summed E-state index contributed by atoms with van der Waals surface area (Å²) in [6, 6.07) is 2.32. The lowest BCUT2D eigenvalue weighted by Crippen LogP contribution is -2.42. The van der Waals surface area contributed by atoms with Gasteiger partial charge in [0.05, 0.1) is 18.9 Å². The van der Waals surface area contributed by atoms with Gasteiger partial charge in [0, 0.05) is 5.56 Å². The van der Waals surface area contributed by atoms with Crippen LogP contribution in [0.15, 0.2) is 29.4 Å². The van der Waals surface area contributed by atoms with E-state index in [4.69, 9.17) is 0 Å². The van der Waals surface area contributed by atoms with Crippen LogP contribution >= 0.6 is 0 Å². The van der Waals surface area contributed by atoms with E-state index in [1.54, 1.807) is 0 Å². The van der Waals surface area contributed by atoms with Gasteiger partial charge < -0.3 is 14.9 Å². The molecule has 0 heterocycles. The van der Waals surface area contributed by atoms with Gasteiger partial charge >= 0.3 is 12.1 Å². The molecule has 0 bridgehead atoms. The van der Waals surface area contributed by atoms with Gasteiger partial charge in [0.25, 0.3) is 5.91 Å². The smallest absolute Gasteiger partial charge is 0.416 e. The minimum atomic E-state index is -4.49. The Balaban J connectivity index is 2.86. The maximum Gasteiger partial charge on any atom is 0.416 e. The van der Waals surface area contributed by atoms with Crippen LogP contribution in [0.25, 0.3) is 0 Å². The van der Waals surface area contributed by atoms with Crippen molar-refractivity contribution in [2.45, 2.75) is 12.2 Å². The van der Waals surface area contributed by atoms with Crippen LogP contribution in [0.3, 0.4) is 0 Å². The lowest BCUT2D eigenvalue weighted by atomic mass is 10.1. The molecular weight excluding hydrogens is 305 g/mol. The number of esters is 1. The second-order valence-corrected chi connectivity index (χ2v) is 3.99. The molecule has 0 aliphatic heterocycles. The van der Waals surface area contributed by atoms with Gasteiger partial charge in [-0.2, -0.15) is 13.2 Å². The Morgan fingerprint density at radius 2 is 1.82 bits per heavy atom. The molecule has 0 saturated heterocycles. The second-order valence-electron chi connectivity index (χ2n) is 3.99. The average Bonchev–Trinajstić information content (AvgIpc) is 2.49. The predicted octanol–water partition coefficient (Wildman–Crippen LogP) is 1.61. The third-order valence-corrected chi connectivity index (χ3v) is 2.53. The van der Waals surface area contributed by atoms with Crippen LogP contribution in [0.4, 0.5) is 13.2 Å². The average molecular weight is 318 g/mol. The first-order valence-electron chi connectivity index (χ1n) is 5.92. The van der Waals surface area contributed by atoms with Crippen LogP contribution in [0, 0.1) is 0 Å². The van der Waals surface area contributed by atoms with Crippen LogP contribution in [0.1, 0.15) is 15.9 Å². The number of rotatable bonds is 5. The molecule has 0 spiro atoms. The fourth-order valence-electron chi connectivity index (χ4n) is 1.44. The molecule has 0 saturated carbocycles. The number of methoxy groups -OCH3 is 1. The Labute approximate surface area is 123 Å². The maximum absolute atomic E-state index is 12.4. The fraction of sp³-hybridized carbons (Fsp3) is 0.308. The van der Waals surface area contributed by atoms with Gasteiger partial charge in [-0.3, -0.25) is 4.79 Å². The monoisotopic (exact) mass is 318 g/mol. The maximum atomic E-state index is 12.4. The predicted molar refractivity (Wildman–Crippen MR) is 70.2 cm³/mol. The van der Waals surface area contributed by atoms with Gasteiger partial charge in [-0.15, -0.1) is 0 Å². The topological polar surface area (TPSA) is 77.0 Å². The van der Waals surface area contributed by atoms with E-state index in [0.717, 1.165) is 37.6 Å². The molecule has 1 aromatic carbocycles. The number of halogens is 3. The highest BCUT2D eigenvalue weighted by atomic mass is 19.4. The highest BCUT2D eigenvalue weighted by Crippen LogP contribution is 2.29. The Bertz CT molecular complexity index is 555. The lowest BCUT2D eigenvalue weighted by molar-refractivity contribution is -0.141. The van der Waals surface area contributed by atoms with Crippen molar-refractivity contribution in [1.29, 1.82) is 0 Å². The summed E-state index contributed by atoms with van der Waals surface area (Å²) in [6.45, 7) is 0. The number of benzene rings is 1. The largest absolute Gasteiger partial charge is 0.467 e. The molecule has 0 unspecified atom stereocenters. The van der Waals surface area contributed by atoms with E-state index >= 15 is 0 Å². The van der Waals surface area contributed by atoms with Gasteiger partial charge in [0.15, 0.2) is 6.04 Å². The molecule has 0 aliphatic rings. The van der Waals surface area contributed by atoms with Gasteiger partial charge in [0.2, 0.25) is 0 Å². The molecule has 0 radical (unpaired) electrons. The van der Waals surface area contributed by atoms with Crippen LogP contribution < -0.4 is 5.32 Å². The van der Waals surface area contributed by atoms with Crippen LogP contribution in [0.5, 0.6) is 0 Å². The minimum absolute atomic E-state index is 0.0484. The summed E-state index contributed by atoms with van der Waals surface area (Å²) in [4.78, 5) is 27.7. The van der Waals surface area contributed by atoms with E-state index in [0.29, 0.717) is 0 Å². The zero-order valence-electron chi connectivity index (χ0n) is 11.7. The minimum Gasteiger partial charge on any atom is -0.467 e. The number of carbonyl (C=O) groups excluding carboxylic acids is 2. The normalized spacial score (nSPS) is 12.8. The van der Waals surface area contributed by atoms with Crippen molar-refractivity contribution in [3.63, 3.8) is 0 Å². The molecule has 0 aromatic heterocycles. The van der Waals surface area contributed by atoms with Crippen molar-refractivity contribution in [1.82, 2.24) is 5.32 Å². The Kier molecular flexibility index (Phi) is 5.90. The quantitative estimate of drug-likeness (QED) is 0.508. The Morgan fingerprint density at radius 3 is 2.27 bits per heavy atom. The summed E-state index contributed by atoms with van der Waals surface area (Å²) < 4.78 is 41.7. The highest BCUT2D eigenvalue weighted by Gasteiger charge is 2.30. The summed E-state index contributed by atoms with van der Waals surface area (Å²) in [5, 5.41) is 5.60. The van der Waals surface area contributed by atoms with Crippen molar-refractivity contribution in [2.24, 2.45) is 5.16 Å². The van der Waals surface area contributed by atoms with E-state index in [9.17, 15) is 22.8 Å². The zero-order valence-corrected chi connectivity index (χ0v) is 11.7. The van der Waals surface area contributed by atoms with Crippen LogP contribution in [-0.4, -0.2) is 38.4 Å². The van der Waals surface area contributed by atoms with Gasteiger partial charge in [-0.05, 0) is 24.3 Å². The standard InChI is InChI=1S/C13H13F3N2O4/c1-21-12(20)10(7-17-22-2)18-11(19)8-3-5-9(6-4-8)13(14,15)16/h3-7,10H,1-2H3,(H,18,19)/b17-7-/t10-/m0/s1. The third-order valence-electron chi connectivity index (χ3n) is 2.53. The van der Waals surface area contributed by atoms with E-state index in [-0.39, 0.29) is 5.56 Å². The van der Waals surface area contributed by atoms with Crippen LogP contribution in [0.2, 0.25) is 0 Å². The number of carbonyl (C=O) groups is 2. The number of nitrogens with one attached hydrogen (secondary N) is 1. The summed E-state index contributed by atoms with van der Waals surface area (Å²) in [7, 11) is 2.35. The van der Waals surface area contributed by atoms with Gasteiger partial charge in [-0.1, -0.05) is 5.16 Å². The number of ether oxygens (including phenoxy) is 1. The summed E-state index contributed by atoms with van der Waals surface area (Å²) in [5.74, 6) is -1.56. The zero-order chi connectivity index (χ0) is 16.8. The number of hydrogen-bond acceptors (Lipinski definition) is 5. The van der Waals surface area contributed by atoms with E-state index in [2.05, 4.69) is 20.0 Å². The third kappa shape index (κ3) is 4.76. The second kappa shape index (κ2) is 7.43. The lowest BCUT2D eigenvalue weighted by Gasteiger charge is -2.12. The number of hydrogen-bond donors (Lipinski definition) is 1. The van der Waals surface area contributed by atoms with E-state index in [1.165, 1.54) is 7.11 Å². The first kappa shape index (κ1) is 17.5. The number of oxime groups is 1. The highest BCUT2D eigenvalue weighted by molar-refractivity contribution is 6.02. The van der Waals surface area contributed by atoms with E-state index < -0.39 is 29.7 Å². The number of nitrogens with zero attached hydrogens (tertiary/aromatic N) is 1. The summed E-state index contributed by atoms with van der Waals surface area (Å²) >= 11 is 0. The molecule has 120 valence electrons. The van der Waals surface area contributed by atoms with E-state index in [1.807, 2.05) is 0 Å². The van der Waals surface area contributed by atoms with Crippen LogP contribution in [-0.2, 0) is 20.5 Å². The molecule has 1 amide bonds. The molecular formula is C13H13F3N2O4. The summed E-state index contributed by atoms with van der Waals surface area (Å²) in [6.07, 6.45) is -3.50. The summed E-state index contributed by atoms with van der Waals surface area (Å²) in [5.41, 5.74) is -0.928. The fourth-order valence-corrected chi connectivity index (χ4v) is 1.44. The molecule has 1 N–H and O–H groups in total. The van der Waals surface area contributed by atoms with Crippen molar-refractivity contribution in [3.8, 4) is 0 Å². The first-order valence-corrected chi connectivity index (χ1v) is 5.92. The Hall–Kier alpha value is -2.58. The molecule has 0 fully saturated rings. The molecule has 22 heavy (non-hydrogen) atoms. The molecule has 6 nitrogen and oxygen atoms in total. The Morgan fingerprint density at radius 1 is 1.23 bits per heavy atom. The SMILES string of the molecule is CO/N=C\[C@H](NC(=O)c1ccc(C(F)(F)F)cc1)C(=O)OC.